The van der Waals surface area contributed by atoms with Crippen molar-refractivity contribution < 1.29 is 26.4 Å². The Balaban J connectivity index is 1.45. The molecule has 0 aromatic carbocycles. The van der Waals surface area contributed by atoms with Crippen molar-refractivity contribution in [3.8, 4) is 53.4 Å². The van der Waals surface area contributed by atoms with Gasteiger partial charge in [-0.2, -0.15) is 73.8 Å². The summed E-state index contributed by atoms with van der Waals surface area (Å²) in [6.45, 7) is 0. The topological polar surface area (TPSA) is 265 Å². The highest BCUT2D eigenvalue weighted by Gasteiger charge is 2.25. The van der Waals surface area contributed by atoms with Gasteiger partial charge in [-0.15, -0.1) is 0 Å². The Kier molecular flexibility index (Phi) is 4.98. The summed E-state index contributed by atoms with van der Waals surface area (Å²) in [5, 5.41) is 27.1. The highest BCUT2D eigenvalue weighted by Crippen LogP contribution is 2.28. The molecule has 18 nitrogen and oxygen atoms in total. The second kappa shape index (κ2) is 8.72. The van der Waals surface area contributed by atoms with Crippen molar-refractivity contribution in [1.82, 2.24) is 59.8 Å². The Morgan fingerprint density at radius 1 is 0.405 bits per heavy atom. The molecule has 42 heavy (non-hydrogen) atoms. The van der Waals surface area contributed by atoms with E-state index in [-0.39, 0.29) is 34.4 Å². The molecule has 0 aliphatic carbocycles. The minimum atomic E-state index is -1.21. The molecule has 0 N–H and O–H groups in total. The van der Waals surface area contributed by atoms with Crippen LogP contribution >= 0.6 is 0 Å². The summed E-state index contributed by atoms with van der Waals surface area (Å²) in [5.74, 6) is -5.99. The molecule has 198 valence electrons. The molecule has 0 saturated carbocycles. The smallest absolute Gasteiger partial charge is 0.269 e. The molecule has 0 atom stereocenters. The van der Waals surface area contributed by atoms with E-state index in [1.807, 2.05) is 0 Å². The standard InChI is InChI=1S/C21F3N15O3/c22-7-4(1-25)28-10-16(31-7)40-19(37-10)13-34-14(20-38-11-17(41-20)32-8(23)5(2-26)29-11)36-15(35-13)21-39-12-18(42-21)33-9(24)6(3-27)30-12. The van der Waals surface area contributed by atoms with Crippen molar-refractivity contribution in [1.29, 1.82) is 15.8 Å². The van der Waals surface area contributed by atoms with Gasteiger partial charge >= 0.3 is 0 Å². The molecule has 21 heteroatoms. The molecule has 7 heterocycles. The number of hydrogen-bond donors (Lipinski definition) is 0. The van der Waals surface area contributed by atoms with Crippen LogP contribution in [0.25, 0.3) is 69.2 Å². The van der Waals surface area contributed by atoms with E-state index in [1.165, 1.54) is 18.2 Å². The quantitative estimate of drug-likeness (QED) is 0.294. The van der Waals surface area contributed by atoms with E-state index in [0.29, 0.717) is 0 Å². The van der Waals surface area contributed by atoms with Gasteiger partial charge in [-0.25, -0.2) is 15.0 Å². The predicted octanol–water partition coefficient (Wildman–Crippen LogP) is 1.70. The van der Waals surface area contributed by atoms with Crippen LogP contribution in [0.3, 0.4) is 0 Å². The first-order valence-electron chi connectivity index (χ1n) is 10.8. The molecule has 7 aromatic heterocycles. The molecule has 0 fully saturated rings. The molecule has 0 spiro atoms. The van der Waals surface area contributed by atoms with Crippen molar-refractivity contribution in [3.63, 3.8) is 0 Å². The molecule has 0 aliphatic rings. The van der Waals surface area contributed by atoms with Gasteiger partial charge in [0, 0.05) is 0 Å². The number of aromatic nitrogens is 12. The van der Waals surface area contributed by atoms with Crippen LogP contribution in [0.15, 0.2) is 13.3 Å². The fourth-order valence-electron chi connectivity index (χ4n) is 3.39. The summed E-state index contributed by atoms with van der Waals surface area (Å²) in [4.78, 5) is 46.1. The minimum Gasteiger partial charge on any atom is -0.413 e. The monoisotopic (exact) mass is 567 g/mol. The van der Waals surface area contributed by atoms with Gasteiger partial charge in [0.25, 0.3) is 52.7 Å². The van der Waals surface area contributed by atoms with E-state index >= 15 is 0 Å². The fourth-order valence-corrected chi connectivity index (χ4v) is 3.39. The third-order valence-corrected chi connectivity index (χ3v) is 5.14. The molecular weight excluding hydrogens is 567 g/mol. The number of hydrogen-bond acceptors (Lipinski definition) is 18. The van der Waals surface area contributed by atoms with Crippen molar-refractivity contribution in [2.75, 3.05) is 0 Å². The fraction of sp³-hybridized carbons (Fsp3) is 0. The van der Waals surface area contributed by atoms with Crippen LogP contribution in [-0.2, 0) is 0 Å². The van der Waals surface area contributed by atoms with Gasteiger partial charge in [0.15, 0.2) is 17.1 Å². The zero-order chi connectivity index (χ0) is 29.1. The Hall–Kier alpha value is -7.08. The Morgan fingerprint density at radius 2 is 0.690 bits per heavy atom. The van der Waals surface area contributed by atoms with E-state index in [1.54, 1.807) is 0 Å². The van der Waals surface area contributed by atoms with E-state index in [4.69, 9.17) is 29.0 Å². The van der Waals surface area contributed by atoms with Gasteiger partial charge in [-0.3, -0.25) is 0 Å². The van der Waals surface area contributed by atoms with Crippen LogP contribution in [0.5, 0.6) is 0 Å². The number of oxazole rings is 3. The maximum atomic E-state index is 14.0. The first-order chi connectivity index (χ1) is 20.3. The van der Waals surface area contributed by atoms with Gasteiger partial charge in [-0.05, 0) is 0 Å². The van der Waals surface area contributed by atoms with Crippen LogP contribution in [0.2, 0.25) is 0 Å². The molecule has 0 unspecified atom stereocenters. The van der Waals surface area contributed by atoms with Crippen LogP contribution in [0, 0.1) is 51.8 Å². The van der Waals surface area contributed by atoms with Gasteiger partial charge in [0.1, 0.15) is 18.2 Å². The van der Waals surface area contributed by atoms with Crippen molar-refractivity contribution in [2.24, 2.45) is 0 Å². The lowest BCUT2D eigenvalue weighted by Gasteiger charge is -2.00. The van der Waals surface area contributed by atoms with Crippen molar-refractivity contribution in [2.45, 2.75) is 0 Å². The highest BCUT2D eigenvalue weighted by atomic mass is 19.1. The van der Waals surface area contributed by atoms with Gasteiger partial charge in [0.05, 0.1) is 0 Å². The second-order valence-electron chi connectivity index (χ2n) is 7.67. The summed E-state index contributed by atoms with van der Waals surface area (Å²) in [6.07, 6.45) is 0. The minimum absolute atomic E-state index is 0.268. The van der Waals surface area contributed by atoms with Crippen LogP contribution in [0.4, 0.5) is 13.2 Å². The zero-order valence-corrected chi connectivity index (χ0v) is 19.6. The lowest BCUT2D eigenvalue weighted by Crippen LogP contribution is -2.00. The Morgan fingerprint density at radius 3 is 0.952 bits per heavy atom. The number of nitrogens with zero attached hydrogens (tertiary/aromatic N) is 15. The molecule has 0 radical (unpaired) electrons. The molecule has 7 rings (SSSR count). The summed E-state index contributed by atoms with van der Waals surface area (Å²) in [7, 11) is 0. The van der Waals surface area contributed by atoms with Crippen LogP contribution in [-0.4, -0.2) is 59.8 Å². The highest BCUT2D eigenvalue weighted by molar-refractivity contribution is 5.71. The summed E-state index contributed by atoms with van der Waals surface area (Å²) >= 11 is 0. The lowest BCUT2D eigenvalue weighted by atomic mass is 10.4. The molecule has 0 bridgehead atoms. The maximum Gasteiger partial charge on any atom is 0.269 e. The molecule has 0 aliphatic heterocycles. The van der Waals surface area contributed by atoms with Gasteiger partial charge in [-0.1, -0.05) is 0 Å². The number of fused-ring (bicyclic) bond motifs is 3. The van der Waals surface area contributed by atoms with Crippen molar-refractivity contribution in [3.05, 3.63) is 34.9 Å². The summed E-state index contributed by atoms with van der Waals surface area (Å²) in [5.41, 5.74) is -3.97. The van der Waals surface area contributed by atoms with Crippen LogP contribution in [0.1, 0.15) is 17.1 Å². The largest absolute Gasteiger partial charge is 0.413 e. The number of nitriles is 3. The van der Waals surface area contributed by atoms with Crippen LogP contribution < -0.4 is 0 Å². The second-order valence-corrected chi connectivity index (χ2v) is 7.67. The number of rotatable bonds is 3. The van der Waals surface area contributed by atoms with Crippen molar-refractivity contribution >= 4 is 34.1 Å². The molecular formula is C21F3N15O3. The molecule has 7 aromatic rings. The SMILES string of the molecule is N#Cc1nc2nc(-c3nc(-c4nc5nc(C#N)c(F)nc5o4)nc(-c4nc5nc(C#N)c(F)nc5o4)n3)oc2nc1F. The summed E-state index contributed by atoms with van der Waals surface area (Å²) < 4.78 is 58.2. The number of halogens is 3. The zero-order valence-electron chi connectivity index (χ0n) is 19.6. The maximum absolute atomic E-state index is 14.0. The third kappa shape index (κ3) is 3.72. The first-order valence-corrected chi connectivity index (χ1v) is 10.8. The summed E-state index contributed by atoms with van der Waals surface area (Å²) in [6, 6.07) is 4.55. The normalized spacial score (nSPS) is 11.1. The Bertz CT molecular complexity index is 2140. The average molecular weight is 567 g/mol. The molecule has 0 saturated heterocycles. The van der Waals surface area contributed by atoms with E-state index in [0.717, 1.165) is 0 Å². The van der Waals surface area contributed by atoms with E-state index in [9.17, 15) is 13.2 Å². The van der Waals surface area contributed by atoms with Gasteiger partial charge in [0.2, 0.25) is 34.4 Å². The third-order valence-electron chi connectivity index (χ3n) is 5.14. The lowest BCUT2D eigenvalue weighted by molar-refractivity contribution is 0.546. The van der Waals surface area contributed by atoms with E-state index in [2.05, 4.69) is 59.8 Å². The molecule has 0 amide bonds. The van der Waals surface area contributed by atoms with Gasteiger partial charge < -0.3 is 13.3 Å². The Labute approximate surface area is 224 Å². The predicted molar refractivity (Wildman–Crippen MR) is 120 cm³/mol. The average Bonchev–Trinajstić information content (AvgIpc) is 3.71. The van der Waals surface area contributed by atoms with E-state index < -0.39 is 69.7 Å². The first kappa shape index (κ1) is 24.0.